The van der Waals surface area contributed by atoms with Crippen LogP contribution in [0.25, 0.3) is 0 Å². The number of ether oxygens (including phenoxy) is 1. The summed E-state index contributed by atoms with van der Waals surface area (Å²) in [6.07, 6.45) is 1.67. The highest BCUT2D eigenvalue weighted by molar-refractivity contribution is 6.29. The van der Waals surface area contributed by atoms with Gasteiger partial charge in [-0.2, -0.15) is 0 Å². The number of fused-ring (bicyclic) bond motifs is 1. The van der Waals surface area contributed by atoms with Crippen LogP contribution in [0.5, 0.6) is 5.88 Å². The van der Waals surface area contributed by atoms with E-state index >= 15 is 0 Å². The minimum atomic E-state index is -0.000864. The summed E-state index contributed by atoms with van der Waals surface area (Å²) in [5.74, 6) is 0.415. The predicted octanol–water partition coefficient (Wildman–Crippen LogP) is 0.634. The molecule has 1 aromatic heterocycles. The number of halogens is 1. The Kier molecular flexibility index (Phi) is 1.69. The lowest BCUT2D eigenvalue weighted by molar-refractivity contribution is -0.121. The van der Waals surface area contributed by atoms with Gasteiger partial charge in [-0.15, -0.1) is 0 Å². The Morgan fingerprint density at radius 2 is 2.42 bits per heavy atom. The zero-order chi connectivity index (χ0) is 8.55. The normalized spacial score (nSPS) is 15.2. The number of aromatic nitrogens is 2. The maximum absolute atomic E-state index is 10.9. The fraction of sp³-hybridized carbons (Fsp3) is 0.286. The van der Waals surface area contributed by atoms with Crippen LogP contribution in [0.2, 0.25) is 5.15 Å². The molecule has 2 heterocycles. The van der Waals surface area contributed by atoms with Gasteiger partial charge in [0.1, 0.15) is 17.5 Å². The van der Waals surface area contributed by atoms with Crippen molar-refractivity contribution in [2.75, 3.05) is 6.61 Å². The van der Waals surface area contributed by atoms with E-state index in [0.29, 0.717) is 11.6 Å². The summed E-state index contributed by atoms with van der Waals surface area (Å²) in [6, 6.07) is 0. The van der Waals surface area contributed by atoms with Gasteiger partial charge in [0, 0.05) is 0 Å². The number of hydrogen-bond donors (Lipinski definition) is 0. The molecule has 0 amide bonds. The summed E-state index contributed by atoms with van der Waals surface area (Å²) in [5, 5.41) is 0.284. The molecule has 0 aliphatic carbocycles. The molecule has 0 spiro atoms. The number of Topliss-reactive ketones (excluding diaryl/α,β-unsaturated/α-hetero) is 1. The molecular formula is C7H5ClN2O2. The Morgan fingerprint density at radius 1 is 1.58 bits per heavy atom. The number of hydrogen-bond acceptors (Lipinski definition) is 4. The second-order valence-corrected chi connectivity index (χ2v) is 2.84. The molecule has 0 unspecified atom stereocenters. The zero-order valence-corrected chi connectivity index (χ0v) is 6.84. The van der Waals surface area contributed by atoms with E-state index in [9.17, 15) is 4.79 Å². The SMILES string of the molecule is O=C1COc2ncc(Cl)nc2C1. The topological polar surface area (TPSA) is 52.1 Å². The first-order valence-corrected chi connectivity index (χ1v) is 3.79. The van der Waals surface area contributed by atoms with Crippen LogP contribution in [0.1, 0.15) is 5.69 Å². The van der Waals surface area contributed by atoms with Crippen LogP contribution in [-0.4, -0.2) is 22.4 Å². The van der Waals surface area contributed by atoms with Gasteiger partial charge in [0.05, 0.1) is 12.6 Å². The first-order chi connectivity index (χ1) is 5.75. The van der Waals surface area contributed by atoms with Crippen LogP contribution in [0.3, 0.4) is 0 Å². The van der Waals surface area contributed by atoms with Crippen LogP contribution in [0.4, 0.5) is 0 Å². The molecule has 2 rings (SSSR count). The van der Waals surface area contributed by atoms with Crippen LogP contribution < -0.4 is 4.74 Å². The van der Waals surface area contributed by atoms with Crippen molar-refractivity contribution in [2.45, 2.75) is 6.42 Å². The molecular weight excluding hydrogens is 180 g/mol. The molecule has 0 N–H and O–H groups in total. The van der Waals surface area contributed by atoms with E-state index < -0.39 is 0 Å². The molecule has 0 atom stereocenters. The van der Waals surface area contributed by atoms with Crippen molar-refractivity contribution in [3.63, 3.8) is 0 Å². The van der Waals surface area contributed by atoms with Gasteiger partial charge in [0.15, 0.2) is 5.78 Å². The van der Waals surface area contributed by atoms with Gasteiger partial charge in [-0.25, -0.2) is 9.97 Å². The van der Waals surface area contributed by atoms with E-state index in [1.165, 1.54) is 6.20 Å². The predicted molar refractivity (Wildman–Crippen MR) is 41.2 cm³/mol. The highest BCUT2D eigenvalue weighted by atomic mass is 35.5. The van der Waals surface area contributed by atoms with Crippen molar-refractivity contribution in [1.29, 1.82) is 0 Å². The number of nitrogens with zero attached hydrogens (tertiary/aromatic N) is 2. The lowest BCUT2D eigenvalue weighted by Crippen LogP contribution is -2.22. The van der Waals surface area contributed by atoms with Crippen LogP contribution in [0, 0.1) is 0 Å². The van der Waals surface area contributed by atoms with Gasteiger partial charge >= 0.3 is 0 Å². The number of ketones is 1. The number of carbonyl (C=O) groups is 1. The van der Waals surface area contributed by atoms with Crippen LogP contribution in [-0.2, 0) is 11.2 Å². The van der Waals surface area contributed by atoms with Crippen molar-refractivity contribution >= 4 is 17.4 Å². The molecule has 1 aromatic rings. The quantitative estimate of drug-likeness (QED) is 0.594. The minimum Gasteiger partial charge on any atom is -0.468 e. The van der Waals surface area contributed by atoms with Crippen molar-refractivity contribution in [2.24, 2.45) is 0 Å². The minimum absolute atomic E-state index is 0.000864. The van der Waals surface area contributed by atoms with Crippen molar-refractivity contribution in [3.8, 4) is 5.88 Å². The number of rotatable bonds is 0. The summed E-state index contributed by atoms with van der Waals surface area (Å²) >= 11 is 5.58. The maximum Gasteiger partial charge on any atom is 0.236 e. The third-order valence-corrected chi connectivity index (χ3v) is 1.69. The third-order valence-electron chi connectivity index (χ3n) is 1.51. The second kappa shape index (κ2) is 2.71. The van der Waals surface area contributed by atoms with E-state index in [-0.39, 0.29) is 24.0 Å². The standard InChI is InChI=1S/C7H5ClN2O2/c8-6-2-9-7-5(10-6)1-4(11)3-12-7/h2H,1,3H2. The molecule has 5 heteroatoms. The smallest absolute Gasteiger partial charge is 0.236 e. The largest absolute Gasteiger partial charge is 0.468 e. The van der Waals surface area contributed by atoms with Gasteiger partial charge in [-0.05, 0) is 0 Å². The Hall–Kier alpha value is -1.16. The summed E-state index contributed by atoms with van der Waals surface area (Å²) in [7, 11) is 0. The fourth-order valence-corrected chi connectivity index (χ4v) is 1.17. The molecule has 0 radical (unpaired) electrons. The summed E-state index contributed by atoms with van der Waals surface area (Å²) in [6.45, 7) is 0.0866. The van der Waals surface area contributed by atoms with E-state index in [2.05, 4.69) is 9.97 Å². The second-order valence-electron chi connectivity index (χ2n) is 2.45. The average molecular weight is 185 g/mol. The van der Waals surface area contributed by atoms with Gasteiger partial charge in [0.25, 0.3) is 0 Å². The first kappa shape index (κ1) is 7.49. The maximum atomic E-state index is 10.9. The molecule has 4 nitrogen and oxygen atoms in total. The number of carbonyl (C=O) groups excluding carboxylic acids is 1. The molecule has 0 bridgehead atoms. The first-order valence-electron chi connectivity index (χ1n) is 3.41. The van der Waals surface area contributed by atoms with Gasteiger partial charge in [-0.1, -0.05) is 11.6 Å². The monoisotopic (exact) mass is 184 g/mol. The lowest BCUT2D eigenvalue weighted by Gasteiger charge is -2.13. The molecule has 0 saturated heterocycles. The zero-order valence-electron chi connectivity index (χ0n) is 6.08. The molecule has 0 saturated carbocycles. The highest BCUT2D eigenvalue weighted by Gasteiger charge is 2.19. The van der Waals surface area contributed by atoms with E-state index in [1.807, 2.05) is 0 Å². The van der Waals surface area contributed by atoms with Crippen molar-refractivity contribution in [1.82, 2.24) is 9.97 Å². The summed E-state index contributed by atoms with van der Waals surface area (Å²) in [5.41, 5.74) is 0.527. The van der Waals surface area contributed by atoms with Crippen LogP contribution in [0.15, 0.2) is 6.20 Å². The van der Waals surface area contributed by atoms with Gasteiger partial charge < -0.3 is 4.74 Å². The lowest BCUT2D eigenvalue weighted by atomic mass is 10.2. The Labute approximate surface area is 73.5 Å². The Bertz CT molecular complexity index is 340. The summed E-state index contributed by atoms with van der Waals surface area (Å²) < 4.78 is 5.01. The molecule has 0 aromatic carbocycles. The molecule has 1 aliphatic heterocycles. The van der Waals surface area contributed by atoms with Crippen molar-refractivity contribution < 1.29 is 9.53 Å². The fourth-order valence-electron chi connectivity index (χ4n) is 1.01. The average Bonchev–Trinajstić information content (AvgIpc) is 2.03. The molecule has 1 aliphatic rings. The Balaban J connectivity index is 2.44. The van der Waals surface area contributed by atoms with Crippen LogP contribution >= 0.6 is 11.6 Å². The third kappa shape index (κ3) is 1.25. The van der Waals surface area contributed by atoms with Gasteiger partial charge in [-0.3, -0.25) is 4.79 Å². The van der Waals surface area contributed by atoms with E-state index in [1.54, 1.807) is 0 Å². The Morgan fingerprint density at radius 3 is 3.25 bits per heavy atom. The van der Waals surface area contributed by atoms with Gasteiger partial charge in [0.2, 0.25) is 5.88 Å². The molecule has 12 heavy (non-hydrogen) atoms. The van der Waals surface area contributed by atoms with E-state index in [4.69, 9.17) is 16.3 Å². The highest BCUT2D eigenvalue weighted by Crippen LogP contribution is 2.19. The summed E-state index contributed by atoms with van der Waals surface area (Å²) in [4.78, 5) is 18.7. The molecule has 0 fully saturated rings. The van der Waals surface area contributed by atoms with E-state index in [0.717, 1.165) is 0 Å². The van der Waals surface area contributed by atoms with Crippen molar-refractivity contribution in [3.05, 3.63) is 17.0 Å². The molecule has 62 valence electrons.